The average Bonchev–Trinajstić information content (AvgIpc) is 2.49. The van der Waals surface area contributed by atoms with Gasteiger partial charge in [-0.1, -0.05) is 6.92 Å². The van der Waals surface area contributed by atoms with Gasteiger partial charge in [-0.2, -0.15) is 0 Å². The number of hydrogen-bond donors (Lipinski definition) is 1. The summed E-state index contributed by atoms with van der Waals surface area (Å²) < 4.78 is 13.4. The Morgan fingerprint density at radius 1 is 1.36 bits per heavy atom. The van der Waals surface area contributed by atoms with E-state index in [4.69, 9.17) is 5.73 Å². The van der Waals surface area contributed by atoms with E-state index in [0.717, 1.165) is 38.9 Å². The van der Waals surface area contributed by atoms with Crippen LogP contribution in [-0.2, 0) is 0 Å². The number of hydrogen-bond acceptors (Lipinski definition) is 2. The Bertz CT molecular complexity index is 199. The Kier molecular flexibility index (Phi) is 2.80. The van der Waals surface area contributed by atoms with Gasteiger partial charge >= 0.3 is 0 Å². The molecule has 1 heterocycles. The van der Waals surface area contributed by atoms with Gasteiger partial charge in [0.2, 0.25) is 0 Å². The number of nitrogens with two attached hydrogens (primary N) is 1. The predicted molar refractivity (Wildman–Crippen MR) is 55.9 cm³/mol. The van der Waals surface area contributed by atoms with Crippen LogP contribution in [0.5, 0.6) is 0 Å². The highest BCUT2D eigenvalue weighted by Gasteiger charge is 2.47. The molecule has 1 aliphatic heterocycles. The summed E-state index contributed by atoms with van der Waals surface area (Å²) in [5, 5.41) is 0. The van der Waals surface area contributed by atoms with E-state index in [-0.39, 0.29) is 11.5 Å². The molecule has 2 atom stereocenters. The summed E-state index contributed by atoms with van der Waals surface area (Å²) in [6, 6.07) is -0.193. The van der Waals surface area contributed by atoms with Gasteiger partial charge in [-0.25, -0.2) is 4.39 Å². The fourth-order valence-electron chi connectivity index (χ4n) is 3.05. The van der Waals surface area contributed by atoms with Gasteiger partial charge in [-0.3, -0.25) is 0 Å². The molecule has 1 saturated heterocycles. The first kappa shape index (κ1) is 10.4. The Hall–Kier alpha value is -0.150. The number of halogens is 1. The lowest BCUT2D eigenvalue weighted by Crippen LogP contribution is -2.49. The second-order valence-electron chi connectivity index (χ2n) is 4.88. The van der Waals surface area contributed by atoms with Gasteiger partial charge in [0.1, 0.15) is 6.17 Å². The highest BCUT2D eigenvalue weighted by Crippen LogP contribution is 2.46. The third-order valence-corrected chi connectivity index (χ3v) is 4.31. The second kappa shape index (κ2) is 3.78. The standard InChI is InChI=1S/C11H21FN2/c1-2-14-7-5-11(6-8-14)4-3-9(12)10(11)13/h9-10H,2-8,13H2,1H3/t9?,10-/m0/s1. The summed E-state index contributed by atoms with van der Waals surface area (Å²) in [7, 11) is 0. The fraction of sp³-hybridized carbons (Fsp3) is 1.00. The first-order valence-corrected chi connectivity index (χ1v) is 5.80. The van der Waals surface area contributed by atoms with Crippen molar-refractivity contribution in [2.24, 2.45) is 11.1 Å². The van der Waals surface area contributed by atoms with Crippen molar-refractivity contribution in [1.82, 2.24) is 4.90 Å². The zero-order chi connectivity index (χ0) is 10.2. The van der Waals surface area contributed by atoms with Crippen LogP contribution in [0.1, 0.15) is 32.6 Å². The zero-order valence-corrected chi connectivity index (χ0v) is 9.01. The number of nitrogens with zero attached hydrogens (tertiary/aromatic N) is 1. The van der Waals surface area contributed by atoms with Crippen LogP contribution in [0.2, 0.25) is 0 Å². The molecule has 0 amide bonds. The predicted octanol–water partition coefficient (Wildman–Crippen LogP) is 1.55. The summed E-state index contributed by atoms with van der Waals surface area (Å²) in [5.41, 5.74) is 6.13. The number of rotatable bonds is 1. The molecule has 14 heavy (non-hydrogen) atoms. The maximum absolute atomic E-state index is 13.4. The fourth-order valence-corrected chi connectivity index (χ4v) is 3.05. The van der Waals surface area contributed by atoms with Gasteiger partial charge in [0.15, 0.2) is 0 Å². The first-order chi connectivity index (χ1) is 6.68. The molecular formula is C11H21FN2. The molecule has 3 heteroatoms. The van der Waals surface area contributed by atoms with Crippen molar-refractivity contribution < 1.29 is 4.39 Å². The van der Waals surface area contributed by atoms with Crippen LogP contribution < -0.4 is 5.73 Å². The van der Waals surface area contributed by atoms with Crippen LogP contribution in [0.4, 0.5) is 4.39 Å². The molecule has 1 aliphatic carbocycles. The Balaban J connectivity index is 1.99. The monoisotopic (exact) mass is 200 g/mol. The Morgan fingerprint density at radius 2 is 2.00 bits per heavy atom. The van der Waals surface area contributed by atoms with Crippen molar-refractivity contribution in [3.05, 3.63) is 0 Å². The van der Waals surface area contributed by atoms with Crippen molar-refractivity contribution in [2.45, 2.75) is 44.8 Å². The third-order valence-electron chi connectivity index (χ3n) is 4.31. The molecule has 1 spiro atoms. The van der Waals surface area contributed by atoms with Crippen LogP contribution in [0, 0.1) is 5.41 Å². The molecule has 0 aromatic rings. The van der Waals surface area contributed by atoms with E-state index in [9.17, 15) is 4.39 Å². The molecule has 2 rings (SSSR count). The van der Waals surface area contributed by atoms with Crippen LogP contribution in [-0.4, -0.2) is 36.7 Å². The van der Waals surface area contributed by atoms with Crippen LogP contribution in [0.15, 0.2) is 0 Å². The van der Waals surface area contributed by atoms with E-state index < -0.39 is 6.17 Å². The van der Waals surface area contributed by atoms with E-state index in [1.54, 1.807) is 0 Å². The van der Waals surface area contributed by atoms with Crippen molar-refractivity contribution >= 4 is 0 Å². The molecule has 2 N–H and O–H groups in total. The topological polar surface area (TPSA) is 29.3 Å². The molecule has 0 bridgehead atoms. The lowest BCUT2D eigenvalue weighted by Gasteiger charge is -2.41. The first-order valence-electron chi connectivity index (χ1n) is 5.80. The minimum atomic E-state index is -0.747. The highest BCUT2D eigenvalue weighted by atomic mass is 19.1. The molecule has 1 unspecified atom stereocenters. The summed E-state index contributed by atoms with van der Waals surface area (Å²) >= 11 is 0. The third kappa shape index (κ3) is 1.57. The molecule has 2 fully saturated rings. The molecule has 1 saturated carbocycles. The second-order valence-corrected chi connectivity index (χ2v) is 4.88. The molecule has 0 aromatic carbocycles. The quantitative estimate of drug-likeness (QED) is 0.696. The van der Waals surface area contributed by atoms with Crippen LogP contribution in [0.3, 0.4) is 0 Å². The summed E-state index contributed by atoms with van der Waals surface area (Å²) in [4.78, 5) is 2.43. The van der Waals surface area contributed by atoms with Crippen LogP contribution >= 0.6 is 0 Å². The maximum atomic E-state index is 13.4. The van der Waals surface area contributed by atoms with Crippen molar-refractivity contribution in [3.8, 4) is 0 Å². The van der Waals surface area contributed by atoms with E-state index in [2.05, 4.69) is 11.8 Å². The van der Waals surface area contributed by atoms with E-state index in [1.165, 1.54) is 0 Å². The summed E-state index contributed by atoms with van der Waals surface area (Å²) in [6.45, 7) is 5.52. The van der Waals surface area contributed by atoms with Gasteiger partial charge in [0.05, 0.1) is 0 Å². The summed E-state index contributed by atoms with van der Waals surface area (Å²) in [6.07, 6.45) is 3.15. The molecule has 2 nitrogen and oxygen atoms in total. The van der Waals surface area contributed by atoms with E-state index >= 15 is 0 Å². The minimum Gasteiger partial charge on any atom is -0.325 e. The van der Waals surface area contributed by atoms with Crippen LogP contribution in [0.25, 0.3) is 0 Å². The average molecular weight is 200 g/mol. The Morgan fingerprint density at radius 3 is 2.43 bits per heavy atom. The number of likely N-dealkylation sites (tertiary alicyclic amines) is 1. The maximum Gasteiger partial charge on any atom is 0.116 e. The number of piperidine rings is 1. The van der Waals surface area contributed by atoms with E-state index in [1.807, 2.05) is 0 Å². The molecular weight excluding hydrogens is 179 g/mol. The summed E-state index contributed by atoms with van der Waals surface area (Å²) in [5.74, 6) is 0. The minimum absolute atomic E-state index is 0.144. The van der Waals surface area contributed by atoms with Gasteiger partial charge in [-0.15, -0.1) is 0 Å². The van der Waals surface area contributed by atoms with Crippen molar-refractivity contribution in [3.63, 3.8) is 0 Å². The zero-order valence-electron chi connectivity index (χ0n) is 9.01. The largest absolute Gasteiger partial charge is 0.325 e. The SMILES string of the molecule is CCN1CCC2(CCC(F)[C@@H]2N)CC1. The van der Waals surface area contributed by atoms with Gasteiger partial charge in [-0.05, 0) is 50.7 Å². The number of alkyl halides is 1. The highest BCUT2D eigenvalue weighted by molar-refractivity contribution is 5.02. The Labute approximate surface area is 85.6 Å². The van der Waals surface area contributed by atoms with E-state index in [0.29, 0.717) is 6.42 Å². The lowest BCUT2D eigenvalue weighted by atomic mass is 9.74. The van der Waals surface area contributed by atoms with Gasteiger partial charge < -0.3 is 10.6 Å². The molecule has 82 valence electrons. The lowest BCUT2D eigenvalue weighted by molar-refractivity contribution is 0.0879. The molecule has 0 aromatic heterocycles. The molecule has 2 aliphatic rings. The van der Waals surface area contributed by atoms with Gasteiger partial charge in [0, 0.05) is 6.04 Å². The normalized spacial score (nSPS) is 37.9. The smallest absolute Gasteiger partial charge is 0.116 e. The van der Waals surface area contributed by atoms with Gasteiger partial charge in [0.25, 0.3) is 0 Å². The van der Waals surface area contributed by atoms with Crippen molar-refractivity contribution in [1.29, 1.82) is 0 Å². The molecule has 0 radical (unpaired) electrons. The van der Waals surface area contributed by atoms with Crippen molar-refractivity contribution in [2.75, 3.05) is 19.6 Å².